The normalized spacial score (nSPS) is 18.6. The fraction of sp³-hybridized carbons (Fsp3) is 0.632. The van der Waals surface area contributed by atoms with Crippen LogP contribution in [0.2, 0.25) is 0 Å². The van der Waals surface area contributed by atoms with Crippen LogP contribution >= 0.6 is 12.2 Å². The van der Waals surface area contributed by atoms with Crippen LogP contribution in [0.5, 0.6) is 0 Å². The molecule has 0 unspecified atom stereocenters. The van der Waals surface area contributed by atoms with Gasteiger partial charge in [-0.25, -0.2) is 0 Å². The molecule has 0 radical (unpaired) electrons. The third-order valence-electron chi connectivity index (χ3n) is 4.75. The van der Waals surface area contributed by atoms with Crippen molar-refractivity contribution >= 4 is 23.0 Å². The fourth-order valence-electron chi connectivity index (χ4n) is 3.30. The maximum atomic E-state index is 5.38. The van der Waals surface area contributed by atoms with E-state index in [1.165, 1.54) is 44.3 Å². The summed E-state index contributed by atoms with van der Waals surface area (Å²) in [5.41, 5.74) is 2.41. The van der Waals surface area contributed by atoms with Gasteiger partial charge in [-0.05, 0) is 68.6 Å². The number of nitrogens with one attached hydrogen (secondary N) is 2. The van der Waals surface area contributed by atoms with E-state index in [0.717, 1.165) is 36.2 Å². The summed E-state index contributed by atoms with van der Waals surface area (Å²) in [5, 5.41) is 7.31. The number of thiocarbonyl (C=S) groups is 1. The van der Waals surface area contributed by atoms with Gasteiger partial charge in [-0.1, -0.05) is 32.4 Å². The number of likely N-dealkylation sites (tertiary alicyclic amines) is 1. The van der Waals surface area contributed by atoms with E-state index in [0.29, 0.717) is 0 Å². The van der Waals surface area contributed by atoms with Gasteiger partial charge in [0.15, 0.2) is 5.11 Å². The average molecular weight is 334 g/mol. The monoisotopic (exact) mass is 333 g/mol. The van der Waals surface area contributed by atoms with Gasteiger partial charge < -0.3 is 15.5 Å². The van der Waals surface area contributed by atoms with Gasteiger partial charge in [0, 0.05) is 24.8 Å². The number of anilines is 1. The van der Waals surface area contributed by atoms with Gasteiger partial charge >= 0.3 is 0 Å². The minimum Gasteiger partial charge on any atom is -0.362 e. The van der Waals surface area contributed by atoms with E-state index < -0.39 is 0 Å². The Labute approximate surface area is 146 Å². The Hall–Kier alpha value is -1.13. The van der Waals surface area contributed by atoms with Crippen molar-refractivity contribution in [1.82, 2.24) is 10.2 Å². The zero-order valence-electron chi connectivity index (χ0n) is 14.6. The zero-order valence-corrected chi connectivity index (χ0v) is 15.4. The molecule has 3 nitrogen and oxygen atoms in total. The van der Waals surface area contributed by atoms with Crippen LogP contribution in [0.25, 0.3) is 0 Å². The lowest BCUT2D eigenvalue weighted by Crippen LogP contribution is -2.40. The molecule has 1 heterocycles. The fourth-order valence-corrected chi connectivity index (χ4v) is 3.52. The maximum absolute atomic E-state index is 5.38. The van der Waals surface area contributed by atoms with Crippen LogP contribution < -0.4 is 10.6 Å². The lowest BCUT2D eigenvalue weighted by Gasteiger charge is -2.35. The Morgan fingerprint density at radius 1 is 1.22 bits per heavy atom. The van der Waals surface area contributed by atoms with Gasteiger partial charge in [0.25, 0.3) is 0 Å². The predicted molar refractivity (Wildman–Crippen MR) is 104 cm³/mol. The molecule has 2 N–H and O–H groups in total. The highest BCUT2D eigenvalue weighted by Gasteiger charge is 2.19. The van der Waals surface area contributed by atoms with Crippen molar-refractivity contribution in [2.45, 2.75) is 58.4 Å². The van der Waals surface area contributed by atoms with Crippen LogP contribution in [0.1, 0.15) is 51.5 Å². The van der Waals surface area contributed by atoms with Gasteiger partial charge in [-0.15, -0.1) is 0 Å². The van der Waals surface area contributed by atoms with Crippen LogP contribution in [0.15, 0.2) is 24.3 Å². The molecule has 1 saturated heterocycles. The van der Waals surface area contributed by atoms with Crippen molar-refractivity contribution in [3.05, 3.63) is 29.8 Å². The SMILES string of the molecule is CCc1ccc(NC(=S)NCCCN2CCCC[C@H]2CC)cc1. The van der Waals surface area contributed by atoms with Crippen LogP contribution in [-0.2, 0) is 6.42 Å². The third-order valence-corrected chi connectivity index (χ3v) is 4.99. The standard InChI is InChI=1S/C19H31N3S/c1-3-16-9-11-17(12-10-16)21-19(23)20-13-7-15-22-14-6-5-8-18(22)4-2/h9-12,18H,3-8,13-15H2,1-2H3,(H2,20,21,23)/t18-/m1/s1. The summed E-state index contributed by atoms with van der Waals surface area (Å²) >= 11 is 5.38. The lowest BCUT2D eigenvalue weighted by atomic mass is 10.00. The topological polar surface area (TPSA) is 27.3 Å². The van der Waals surface area contributed by atoms with Crippen LogP contribution in [0, 0.1) is 0 Å². The first-order chi connectivity index (χ1) is 11.2. The maximum Gasteiger partial charge on any atom is 0.170 e. The summed E-state index contributed by atoms with van der Waals surface area (Å²) in [4.78, 5) is 2.66. The van der Waals surface area contributed by atoms with E-state index in [4.69, 9.17) is 12.2 Å². The van der Waals surface area contributed by atoms with Crippen molar-refractivity contribution in [3.8, 4) is 0 Å². The van der Waals surface area contributed by atoms with E-state index in [-0.39, 0.29) is 0 Å². The second kappa shape index (κ2) is 9.89. The Balaban J connectivity index is 1.64. The minimum atomic E-state index is 0.722. The number of hydrogen-bond donors (Lipinski definition) is 2. The summed E-state index contributed by atoms with van der Waals surface area (Å²) in [7, 11) is 0. The quantitative estimate of drug-likeness (QED) is 0.578. The second-order valence-electron chi connectivity index (χ2n) is 6.38. The Bertz CT molecular complexity index is 472. The molecule has 0 spiro atoms. The molecule has 0 amide bonds. The zero-order chi connectivity index (χ0) is 16.5. The van der Waals surface area contributed by atoms with E-state index >= 15 is 0 Å². The molecule has 128 valence electrons. The molecule has 1 atom stereocenters. The number of aryl methyl sites for hydroxylation is 1. The summed E-state index contributed by atoms with van der Waals surface area (Å²) < 4.78 is 0. The first-order valence-corrected chi connectivity index (χ1v) is 9.51. The average Bonchev–Trinajstić information content (AvgIpc) is 2.59. The molecule has 1 aromatic rings. The highest BCUT2D eigenvalue weighted by Crippen LogP contribution is 2.19. The van der Waals surface area contributed by atoms with Crippen molar-refractivity contribution in [1.29, 1.82) is 0 Å². The number of rotatable bonds is 7. The lowest BCUT2D eigenvalue weighted by molar-refractivity contribution is 0.143. The second-order valence-corrected chi connectivity index (χ2v) is 6.79. The molecule has 0 saturated carbocycles. The highest BCUT2D eigenvalue weighted by molar-refractivity contribution is 7.80. The smallest absolute Gasteiger partial charge is 0.170 e. The van der Waals surface area contributed by atoms with Crippen molar-refractivity contribution in [3.63, 3.8) is 0 Å². The summed E-state index contributed by atoms with van der Waals surface area (Å²) in [6.45, 7) is 7.86. The molecule has 4 heteroatoms. The molecule has 0 aliphatic carbocycles. The Morgan fingerprint density at radius 2 is 2.00 bits per heavy atom. The molecule has 0 bridgehead atoms. The van der Waals surface area contributed by atoms with Gasteiger partial charge in [0.2, 0.25) is 0 Å². The highest BCUT2D eigenvalue weighted by atomic mass is 32.1. The van der Waals surface area contributed by atoms with Crippen molar-refractivity contribution in [2.75, 3.05) is 25.0 Å². The predicted octanol–water partition coefficient (Wildman–Crippen LogP) is 4.19. The molecule has 2 rings (SSSR count). The van der Waals surface area contributed by atoms with E-state index in [9.17, 15) is 0 Å². The number of hydrogen-bond acceptors (Lipinski definition) is 2. The van der Waals surface area contributed by atoms with Gasteiger partial charge in [-0.2, -0.15) is 0 Å². The van der Waals surface area contributed by atoms with E-state index in [1.807, 2.05) is 0 Å². The molecule has 23 heavy (non-hydrogen) atoms. The van der Waals surface area contributed by atoms with E-state index in [2.05, 4.69) is 53.6 Å². The van der Waals surface area contributed by atoms with Gasteiger partial charge in [0.05, 0.1) is 0 Å². The first-order valence-electron chi connectivity index (χ1n) is 9.10. The first kappa shape index (κ1) is 18.2. The van der Waals surface area contributed by atoms with Crippen molar-refractivity contribution < 1.29 is 0 Å². The summed E-state index contributed by atoms with van der Waals surface area (Å²) in [5.74, 6) is 0. The molecule has 0 aromatic heterocycles. The van der Waals surface area contributed by atoms with Gasteiger partial charge in [0.1, 0.15) is 0 Å². The van der Waals surface area contributed by atoms with E-state index in [1.54, 1.807) is 0 Å². The molecular formula is C19H31N3S. The summed E-state index contributed by atoms with van der Waals surface area (Å²) in [6.07, 6.45) is 7.62. The molecule has 1 aliphatic heterocycles. The third kappa shape index (κ3) is 6.11. The molecule has 1 aliphatic rings. The Morgan fingerprint density at radius 3 is 2.70 bits per heavy atom. The largest absolute Gasteiger partial charge is 0.362 e. The number of nitrogens with zero attached hydrogens (tertiary/aromatic N) is 1. The molecular weight excluding hydrogens is 302 g/mol. The minimum absolute atomic E-state index is 0.722. The number of piperidine rings is 1. The Kier molecular flexibility index (Phi) is 7.83. The summed E-state index contributed by atoms with van der Waals surface area (Å²) in [6, 6.07) is 9.27. The van der Waals surface area contributed by atoms with Gasteiger partial charge in [-0.3, -0.25) is 0 Å². The van der Waals surface area contributed by atoms with Crippen LogP contribution in [-0.4, -0.2) is 35.7 Å². The van der Waals surface area contributed by atoms with Crippen LogP contribution in [0.3, 0.4) is 0 Å². The molecule has 1 fully saturated rings. The molecule has 1 aromatic carbocycles. The van der Waals surface area contributed by atoms with Crippen molar-refractivity contribution in [2.24, 2.45) is 0 Å². The van der Waals surface area contributed by atoms with Crippen LogP contribution in [0.4, 0.5) is 5.69 Å². The number of benzene rings is 1.